The predicted molar refractivity (Wildman–Crippen MR) is 162 cm³/mol. The second kappa shape index (κ2) is 12.8. The summed E-state index contributed by atoms with van der Waals surface area (Å²) in [5, 5.41) is 14.5. The molecule has 2 aliphatic rings. The zero-order valence-electron chi connectivity index (χ0n) is 24.3. The number of benzene rings is 2. The molecule has 2 aromatic carbocycles. The van der Waals surface area contributed by atoms with Gasteiger partial charge in [-0.05, 0) is 29.5 Å². The van der Waals surface area contributed by atoms with Crippen LogP contribution in [0, 0.1) is 11.3 Å². The standard InChI is InChI=1S/C32H42N6O4/c1-4-32(2,3)28(38(35)19-25(33)23-14-15-23)31(42)37-18-24(39)17-27(37)30(41)36-26(29(34)40)16-20-10-12-22(13-11-20)21-8-6-5-7-9-21/h4-13,19,23-24,26-28,39H,1,14-18,33,35H2,2-3H3,(H2,34,40)(H,36,41)/b25-19-/t24-,26-,27+,28?/m1/s1. The molecule has 0 radical (unpaired) electrons. The van der Waals surface area contributed by atoms with E-state index in [-0.39, 0.29) is 25.3 Å². The highest BCUT2D eigenvalue weighted by atomic mass is 16.3. The highest BCUT2D eigenvalue weighted by Crippen LogP contribution is 2.35. The van der Waals surface area contributed by atoms with E-state index in [2.05, 4.69) is 11.9 Å². The van der Waals surface area contributed by atoms with Crippen LogP contribution in [0.5, 0.6) is 0 Å². The van der Waals surface area contributed by atoms with Crippen LogP contribution >= 0.6 is 0 Å². The Morgan fingerprint density at radius 3 is 2.29 bits per heavy atom. The average molecular weight is 575 g/mol. The summed E-state index contributed by atoms with van der Waals surface area (Å²) >= 11 is 0. The van der Waals surface area contributed by atoms with Gasteiger partial charge in [-0.25, -0.2) is 5.84 Å². The Balaban J connectivity index is 1.50. The van der Waals surface area contributed by atoms with Gasteiger partial charge in [0.1, 0.15) is 18.1 Å². The maximum atomic E-state index is 14.0. The number of rotatable bonds is 12. The third-order valence-corrected chi connectivity index (χ3v) is 8.14. The van der Waals surface area contributed by atoms with Gasteiger partial charge in [0.05, 0.1) is 6.10 Å². The molecule has 1 aliphatic heterocycles. The van der Waals surface area contributed by atoms with Crippen LogP contribution in [-0.4, -0.2) is 63.5 Å². The number of nitrogens with two attached hydrogens (primary N) is 3. The summed E-state index contributed by atoms with van der Waals surface area (Å²) in [7, 11) is 0. The number of nitrogens with one attached hydrogen (secondary N) is 1. The topological polar surface area (TPSA) is 168 Å². The second-order valence-corrected chi connectivity index (χ2v) is 11.9. The largest absolute Gasteiger partial charge is 0.401 e. The monoisotopic (exact) mass is 574 g/mol. The van der Waals surface area contributed by atoms with Crippen molar-refractivity contribution in [3.8, 4) is 11.1 Å². The van der Waals surface area contributed by atoms with E-state index in [1.807, 2.05) is 68.4 Å². The number of aliphatic hydroxyl groups is 1. The molecule has 0 spiro atoms. The highest BCUT2D eigenvalue weighted by molar-refractivity contribution is 5.93. The van der Waals surface area contributed by atoms with Gasteiger partial charge in [-0.15, -0.1) is 6.58 Å². The van der Waals surface area contributed by atoms with Crippen molar-refractivity contribution in [3.05, 3.63) is 84.7 Å². The average Bonchev–Trinajstić information content (AvgIpc) is 3.74. The molecule has 1 saturated heterocycles. The molecule has 2 aromatic rings. The molecule has 8 N–H and O–H groups in total. The summed E-state index contributed by atoms with van der Waals surface area (Å²) in [6.07, 6.45) is 4.40. The first kappa shape index (κ1) is 30.8. The Morgan fingerprint density at radius 1 is 1.10 bits per heavy atom. The molecule has 0 aromatic heterocycles. The lowest BCUT2D eigenvalue weighted by Crippen LogP contribution is -2.59. The third kappa shape index (κ3) is 7.18. The van der Waals surface area contributed by atoms with Gasteiger partial charge in [0.15, 0.2) is 0 Å². The molecular weight excluding hydrogens is 532 g/mol. The number of likely N-dealkylation sites (tertiary alicyclic amines) is 1. The molecule has 42 heavy (non-hydrogen) atoms. The van der Waals surface area contributed by atoms with E-state index in [1.54, 1.807) is 12.3 Å². The van der Waals surface area contributed by atoms with E-state index in [4.69, 9.17) is 17.3 Å². The van der Waals surface area contributed by atoms with Crippen molar-refractivity contribution >= 4 is 17.7 Å². The molecule has 3 amide bonds. The quantitative estimate of drug-likeness (QED) is 0.146. The fourth-order valence-corrected chi connectivity index (χ4v) is 5.36. The van der Waals surface area contributed by atoms with E-state index in [9.17, 15) is 19.5 Å². The fourth-order valence-electron chi connectivity index (χ4n) is 5.36. The first-order valence-electron chi connectivity index (χ1n) is 14.3. The van der Waals surface area contributed by atoms with Crippen molar-refractivity contribution in [1.82, 2.24) is 15.2 Å². The zero-order valence-corrected chi connectivity index (χ0v) is 24.3. The van der Waals surface area contributed by atoms with Gasteiger partial charge in [0, 0.05) is 42.6 Å². The number of primary amides is 1. The number of β-amino-alcohol motifs (C(OH)–C–C–N with tert-alkyl or cyclic N) is 1. The Hall–Kier alpha value is -4.15. The minimum atomic E-state index is -1.02. The molecule has 1 unspecified atom stereocenters. The molecule has 2 fully saturated rings. The third-order valence-electron chi connectivity index (χ3n) is 8.14. The van der Waals surface area contributed by atoms with E-state index < -0.39 is 47.4 Å². The van der Waals surface area contributed by atoms with Crippen molar-refractivity contribution in [2.24, 2.45) is 28.6 Å². The number of allylic oxidation sites excluding steroid dienone is 1. The van der Waals surface area contributed by atoms with Gasteiger partial charge >= 0.3 is 0 Å². The molecule has 10 nitrogen and oxygen atoms in total. The van der Waals surface area contributed by atoms with Crippen LogP contribution in [0.2, 0.25) is 0 Å². The van der Waals surface area contributed by atoms with Gasteiger partial charge in [-0.2, -0.15) is 0 Å². The lowest BCUT2D eigenvalue weighted by molar-refractivity contribution is -0.145. The summed E-state index contributed by atoms with van der Waals surface area (Å²) < 4.78 is 0. The normalized spacial score (nSPS) is 20.5. The number of hydrazine groups is 1. The first-order valence-corrected chi connectivity index (χ1v) is 14.3. The number of carbonyl (C=O) groups excluding carboxylic acids is 3. The van der Waals surface area contributed by atoms with E-state index >= 15 is 0 Å². The lowest BCUT2D eigenvalue weighted by atomic mass is 9.83. The lowest BCUT2D eigenvalue weighted by Gasteiger charge is -2.39. The van der Waals surface area contributed by atoms with Crippen molar-refractivity contribution in [2.75, 3.05) is 6.54 Å². The highest BCUT2D eigenvalue weighted by Gasteiger charge is 2.46. The molecular formula is C32H42N6O4. The molecule has 0 bridgehead atoms. The van der Waals surface area contributed by atoms with Crippen LogP contribution in [-0.2, 0) is 20.8 Å². The molecule has 224 valence electrons. The number of aliphatic hydroxyl groups excluding tert-OH is 1. The summed E-state index contributed by atoms with van der Waals surface area (Å²) in [5.74, 6) is 4.90. The van der Waals surface area contributed by atoms with Gasteiger partial charge in [-0.1, -0.05) is 74.5 Å². The van der Waals surface area contributed by atoms with Crippen LogP contribution < -0.4 is 22.6 Å². The van der Waals surface area contributed by atoms with E-state index in [0.29, 0.717) is 5.70 Å². The van der Waals surface area contributed by atoms with Gasteiger partial charge in [0.2, 0.25) is 17.7 Å². The Kier molecular flexibility index (Phi) is 9.38. The minimum absolute atomic E-state index is 0.0146. The SMILES string of the molecule is C=CC(C)(C)C(C(=O)N1C[C@H](O)C[C@H]1C(=O)N[C@H](Cc1ccc(-c2ccccc2)cc1)C(N)=O)N(N)/C=C(\N)C1CC1. The number of hydrogen-bond acceptors (Lipinski definition) is 7. The van der Waals surface area contributed by atoms with Crippen LogP contribution in [0.1, 0.15) is 38.7 Å². The molecule has 10 heteroatoms. The van der Waals surface area contributed by atoms with Crippen molar-refractivity contribution in [2.45, 2.75) is 63.8 Å². The summed E-state index contributed by atoms with van der Waals surface area (Å²) in [6, 6.07) is 14.6. The van der Waals surface area contributed by atoms with E-state index in [0.717, 1.165) is 29.5 Å². The number of nitrogens with zero attached hydrogens (tertiary/aromatic N) is 2. The van der Waals surface area contributed by atoms with Crippen molar-refractivity contribution < 1.29 is 19.5 Å². The van der Waals surface area contributed by atoms with Gasteiger partial charge in [0.25, 0.3) is 0 Å². The summed E-state index contributed by atoms with van der Waals surface area (Å²) in [6.45, 7) is 7.45. The van der Waals surface area contributed by atoms with Gasteiger partial charge in [-0.3, -0.25) is 14.4 Å². The Labute approximate surface area is 247 Å². The maximum absolute atomic E-state index is 14.0. The first-order chi connectivity index (χ1) is 19.9. The fraction of sp³-hybridized carbons (Fsp3) is 0.406. The van der Waals surface area contributed by atoms with Crippen LogP contribution in [0.25, 0.3) is 11.1 Å². The van der Waals surface area contributed by atoms with Gasteiger partial charge < -0.3 is 31.8 Å². The summed E-state index contributed by atoms with van der Waals surface area (Å²) in [5.41, 5.74) is 14.5. The van der Waals surface area contributed by atoms with E-state index in [1.165, 1.54) is 9.91 Å². The minimum Gasteiger partial charge on any atom is -0.401 e. The van der Waals surface area contributed by atoms with Crippen LogP contribution in [0.4, 0.5) is 0 Å². The summed E-state index contributed by atoms with van der Waals surface area (Å²) in [4.78, 5) is 41.2. The Bertz CT molecular complexity index is 1320. The van der Waals surface area contributed by atoms with Crippen molar-refractivity contribution in [3.63, 3.8) is 0 Å². The maximum Gasteiger partial charge on any atom is 0.248 e. The van der Waals surface area contributed by atoms with Crippen molar-refractivity contribution in [1.29, 1.82) is 0 Å². The second-order valence-electron chi connectivity index (χ2n) is 11.9. The number of carbonyl (C=O) groups is 3. The molecule has 4 atom stereocenters. The van der Waals surface area contributed by atoms with Crippen LogP contribution in [0.3, 0.4) is 0 Å². The number of hydrogen-bond donors (Lipinski definition) is 5. The molecule has 1 aliphatic carbocycles. The molecule has 1 saturated carbocycles. The smallest absolute Gasteiger partial charge is 0.248 e. The molecule has 4 rings (SSSR count). The molecule has 1 heterocycles. The number of amides is 3. The zero-order chi connectivity index (χ0) is 30.6. The van der Waals surface area contributed by atoms with Crippen LogP contribution in [0.15, 0.2) is 79.1 Å². The Morgan fingerprint density at radius 2 is 1.71 bits per heavy atom. The predicted octanol–water partition coefficient (Wildman–Crippen LogP) is 1.79.